The topological polar surface area (TPSA) is 88.6 Å². The summed E-state index contributed by atoms with van der Waals surface area (Å²) in [6, 6.07) is 8.36. The zero-order chi connectivity index (χ0) is 16.4. The highest BCUT2D eigenvalue weighted by molar-refractivity contribution is 5.95. The van der Waals surface area contributed by atoms with Crippen LogP contribution in [0.1, 0.15) is 29.0 Å². The third-order valence-corrected chi connectivity index (χ3v) is 3.70. The van der Waals surface area contributed by atoms with Crippen molar-refractivity contribution in [1.29, 1.82) is 0 Å². The zero-order valence-electron chi connectivity index (χ0n) is 12.7. The predicted molar refractivity (Wildman–Crippen MR) is 84.2 cm³/mol. The molecule has 1 fully saturated rings. The molecule has 0 aliphatic heterocycles. The van der Waals surface area contributed by atoms with Crippen LogP contribution in [0.3, 0.4) is 0 Å². The smallest absolute Gasteiger partial charge is 0.293 e. The van der Waals surface area contributed by atoms with E-state index in [4.69, 9.17) is 4.42 Å². The third kappa shape index (κ3) is 3.50. The van der Waals surface area contributed by atoms with Gasteiger partial charge in [0.25, 0.3) is 11.6 Å². The molecule has 120 valence electrons. The third-order valence-electron chi connectivity index (χ3n) is 3.70. The Bertz CT molecular complexity index is 723. The van der Waals surface area contributed by atoms with Crippen LogP contribution in [0.5, 0.6) is 0 Å². The average molecular weight is 315 g/mol. The molecule has 7 nitrogen and oxygen atoms in total. The predicted octanol–water partition coefficient (Wildman–Crippen LogP) is 3.03. The number of hydrogen-bond acceptors (Lipinski definition) is 5. The fourth-order valence-corrected chi connectivity index (χ4v) is 2.31. The lowest BCUT2D eigenvalue weighted by molar-refractivity contribution is -0.384. The number of nitro groups is 1. The Hall–Kier alpha value is -2.83. The molecule has 1 aliphatic rings. The number of anilines is 1. The van der Waals surface area contributed by atoms with Gasteiger partial charge in [0.1, 0.15) is 11.4 Å². The van der Waals surface area contributed by atoms with Gasteiger partial charge in [0.05, 0.1) is 17.7 Å². The molecule has 23 heavy (non-hydrogen) atoms. The Labute approximate surface area is 133 Å². The summed E-state index contributed by atoms with van der Waals surface area (Å²) in [7, 11) is 1.63. The number of rotatable bonds is 6. The number of carbonyl (C=O) groups is 1. The molecular formula is C16H17N3O4. The van der Waals surface area contributed by atoms with E-state index in [0.29, 0.717) is 24.0 Å². The molecule has 1 heterocycles. The van der Waals surface area contributed by atoms with E-state index in [9.17, 15) is 14.9 Å². The Morgan fingerprint density at radius 2 is 2.22 bits per heavy atom. The molecule has 2 aromatic rings. The van der Waals surface area contributed by atoms with Crippen LogP contribution in [0.2, 0.25) is 0 Å². The molecule has 1 aromatic carbocycles. The Kier molecular flexibility index (Phi) is 4.01. The van der Waals surface area contributed by atoms with E-state index < -0.39 is 4.92 Å². The highest BCUT2D eigenvalue weighted by Gasteiger charge is 2.26. The SMILES string of the molecule is CN(Cc1ccco1)C(=O)c1ccc(NC2CC2)c([N+](=O)[O-])c1. The molecule has 0 saturated heterocycles. The van der Waals surface area contributed by atoms with E-state index >= 15 is 0 Å². The average Bonchev–Trinajstić information content (AvgIpc) is 3.20. The minimum atomic E-state index is -0.464. The van der Waals surface area contributed by atoms with Gasteiger partial charge in [-0.3, -0.25) is 14.9 Å². The molecule has 1 aromatic heterocycles. The van der Waals surface area contributed by atoms with Crippen LogP contribution >= 0.6 is 0 Å². The molecule has 0 atom stereocenters. The summed E-state index contributed by atoms with van der Waals surface area (Å²) < 4.78 is 5.21. The summed E-state index contributed by atoms with van der Waals surface area (Å²) in [6.07, 6.45) is 3.57. The molecule has 0 radical (unpaired) electrons. The van der Waals surface area contributed by atoms with Crippen LogP contribution in [0, 0.1) is 10.1 Å². The number of hydrogen-bond donors (Lipinski definition) is 1. The van der Waals surface area contributed by atoms with E-state index in [1.165, 1.54) is 17.2 Å². The van der Waals surface area contributed by atoms with Crippen LogP contribution in [-0.2, 0) is 6.54 Å². The van der Waals surface area contributed by atoms with Gasteiger partial charge in [0.2, 0.25) is 0 Å². The van der Waals surface area contributed by atoms with E-state index in [2.05, 4.69) is 5.32 Å². The zero-order valence-corrected chi connectivity index (χ0v) is 12.7. The fraction of sp³-hybridized carbons (Fsp3) is 0.312. The van der Waals surface area contributed by atoms with Gasteiger partial charge in [-0.05, 0) is 37.1 Å². The van der Waals surface area contributed by atoms with Gasteiger partial charge in [-0.15, -0.1) is 0 Å². The van der Waals surface area contributed by atoms with Gasteiger partial charge in [-0.25, -0.2) is 0 Å². The summed E-state index contributed by atoms with van der Waals surface area (Å²) in [4.78, 5) is 24.7. The monoisotopic (exact) mass is 315 g/mol. The van der Waals surface area contributed by atoms with Crippen LogP contribution < -0.4 is 5.32 Å². The lowest BCUT2D eigenvalue weighted by Crippen LogP contribution is -2.26. The lowest BCUT2D eigenvalue weighted by atomic mass is 10.1. The van der Waals surface area contributed by atoms with Crippen molar-refractivity contribution in [2.75, 3.05) is 12.4 Å². The largest absolute Gasteiger partial charge is 0.467 e. The first kappa shape index (κ1) is 15.1. The van der Waals surface area contributed by atoms with E-state index in [-0.39, 0.29) is 17.2 Å². The number of furan rings is 1. The van der Waals surface area contributed by atoms with Crippen molar-refractivity contribution >= 4 is 17.3 Å². The first-order valence-electron chi connectivity index (χ1n) is 7.37. The number of amides is 1. The molecular weight excluding hydrogens is 298 g/mol. The van der Waals surface area contributed by atoms with E-state index in [0.717, 1.165) is 12.8 Å². The molecule has 1 N–H and O–H groups in total. The molecule has 7 heteroatoms. The molecule has 1 saturated carbocycles. The molecule has 1 amide bonds. The van der Waals surface area contributed by atoms with Gasteiger partial charge in [0, 0.05) is 24.7 Å². The van der Waals surface area contributed by atoms with Gasteiger partial charge in [-0.1, -0.05) is 0 Å². The standard InChI is InChI=1S/C16H17N3O4/c1-18(10-13-3-2-8-23-13)16(20)11-4-7-14(17-12-5-6-12)15(9-11)19(21)22/h2-4,7-9,12,17H,5-6,10H2,1H3. The van der Waals surface area contributed by atoms with E-state index in [1.807, 2.05) is 0 Å². The summed E-state index contributed by atoms with van der Waals surface area (Å²) in [6.45, 7) is 0.307. The molecule has 0 unspecified atom stereocenters. The maximum Gasteiger partial charge on any atom is 0.293 e. The van der Waals surface area contributed by atoms with Gasteiger partial charge in [-0.2, -0.15) is 0 Å². The van der Waals surface area contributed by atoms with Crippen LogP contribution in [0.15, 0.2) is 41.0 Å². The van der Waals surface area contributed by atoms with Crippen molar-refractivity contribution < 1.29 is 14.1 Å². The van der Waals surface area contributed by atoms with Crippen LogP contribution in [0.25, 0.3) is 0 Å². The maximum atomic E-state index is 12.4. The van der Waals surface area contributed by atoms with Gasteiger partial charge >= 0.3 is 0 Å². The summed E-state index contributed by atoms with van der Waals surface area (Å²) in [5, 5.41) is 14.4. The second-order valence-corrected chi connectivity index (χ2v) is 5.65. The van der Waals surface area contributed by atoms with E-state index in [1.54, 1.807) is 31.3 Å². The summed E-state index contributed by atoms with van der Waals surface area (Å²) in [5.41, 5.74) is 0.670. The number of nitrogens with zero attached hydrogens (tertiary/aromatic N) is 2. The molecule has 0 spiro atoms. The maximum absolute atomic E-state index is 12.4. The summed E-state index contributed by atoms with van der Waals surface area (Å²) in [5.74, 6) is 0.366. The van der Waals surface area contributed by atoms with Crippen molar-refractivity contribution in [2.45, 2.75) is 25.4 Å². The van der Waals surface area contributed by atoms with Gasteiger partial charge in [0.15, 0.2) is 0 Å². The quantitative estimate of drug-likeness (QED) is 0.654. The molecule has 1 aliphatic carbocycles. The minimum absolute atomic E-state index is 0.0749. The van der Waals surface area contributed by atoms with Crippen molar-refractivity contribution in [1.82, 2.24) is 4.90 Å². The highest BCUT2D eigenvalue weighted by atomic mass is 16.6. The van der Waals surface area contributed by atoms with Crippen molar-refractivity contribution in [2.24, 2.45) is 0 Å². The summed E-state index contributed by atoms with van der Waals surface area (Å²) >= 11 is 0. The Morgan fingerprint density at radius 1 is 1.43 bits per heavy atom. The second kappa shape index (κ2) is 6.12. The number of nitro benzene ring substituents is 1. The van der Waals surface area contributed by atoms with Gasteiger partial charge < -0.3 is 14.6 Å². The number of benzene rings is 1. The lowest BCUT2D eigenvalue weighted by Gasteiger charge is -2.16. The van der Waals surface area contributed by atoms with Crippen molar-refractivity contribution in [3.8, 4) is 0 Å². The van der Waals surface area contributed by atoms with Crippen molar-refractivity contribution in [3.05, 3.63) is 58.0 Å². The first-order chi connectivity index (χ1) is 11.0. The number of carbonyl (C=O) groups excluding carboxylic acids is 1. The normalized spacial score (nSPS) is 13.6. The van der Waals surface area contributed by atoms with Crippen LogP contribution in [-0.4, -0.2) is 28.8 Å². The minimum Gasteiger partial charge on any atom is -0.467 e. The molecule has 0 bridgehead atoms. The molecule has 3 rings (SSSR count). The highest BCUT2D eigenvalue weighted by Crippen LogP contribution is 2.31. The Balaban J connectivity index is 1.79. The first-order valence-corrected chi connectivity index (χ1v) is 7.37. The Morgan fingerprint density at radius 3 is 2.83 bits per heavy atom. The fourth-order valence-electron chi connectivity index (χ4n) is 2.31. The van der Waals surface area contributed by atoms with Crippen LogP contribution in [0.4, 0.5) is 11.4 Å². The second-order valence-electron chi connectivity index (χ2n) is 5.65. The van der Waals surface area contributed by atoms with Crippen molar-refractivity contribution in [3.63, 3.8) is 0 Å². The number of nitrogens with one attached hydrogen (secondary N) is 1.